The van der Waals surface area contributed by atoms with Crippen LogP contribution >= 0.6 is 11.3 Å². The Balaban J connectivity index is 3.13. The molecule has 1 N–H and O–H groups in total. The van der Waals surface area contributed by atoms with Gasteiger partial charge in [-0.15, -0.1) is 11.3 Å². The molecule has 0 saturated heterocycles. The third-order valence-corrected chi connectivity index (χ3v) is 2.64. The second-order valence-corrected chi connectivity index (χ2v) is 3.38. The van der Waals surface area contributed by atoms with E-state index in [4.69, 9.17) is 0 Å². The van der Waals surface area contributed by atoms with Crippen LogP contribution in [0.2, 0.25) is 0 Å². The normalized spacial score (nSPS) is 9.57. The van der Waals surface area contributed by atoms with Crippen molar-refractivity contribution in [3.05, 3.63) is 21.1 Å². The number of rotatable bonds is 3. The van der Waals surface area contributed by atoms with Gasteiger partial charge in [-0.25, -0.2) is 4.79 Å². The van der Waals surface area contributed by atoms with E-state index >= 15 is 0 Å². The van der Waals surface area contributed by atoms with Gasteiger partial charge in [0.15, 0.2) is 5.00 Å². The number of methoxy groups -OCH3 is 1. The minimum Gasteiger partial charge on any atom is -0.465 e. The first-order chi connectivity index (χ1) is 6.60. The minimum absolute atomic E-state index is 0.113. The van der Waals surface area contributed by atoms with Crippen LogP contribution in [-0.4, -0.2) is 25.1 Å². The second kappa shape index (κ2) is 4.05. The summed E-state index contributed by atoms with van der Waals surface area (Å²) in [6.45, 7) is 0. The van der Waals surface area contributed by atoms with E-state index in [1.807, 2.05) is 0 Å². The van der Waals surface area contributed by atoms with E-state index in [2.05, 4.69) is 10.1 Å². The molecule has 0 aliphatic rings. The van der Waals surface area contributed by atoms with Gasteiger partial charge in [-0.2, -0.15) is 0 Å². The van der Waals surface area contributed by atoms with Crippen LogP contribution in [0.4, 0.5) is 10.7 Å². The molecule has 0 aromatic carbocycles. The molecule has 0 unspecified atom stereocenters. The number of thiophene rings is 1. The summed E-state index contributed by atoms with van der Waals surface area (Å²) in [7, 11) is 2.78. The summed E-state index contributed by atoms with van der Waals surface area (Å²) in [5, 5.41) is 13.5. The Hall–Kier alpha value is -1.63. The van der Waals surface area contributed by atoms with E-state index in [-0.39, 0.29) is 10.6 Å². The molecular formula is C7H8N2O4S. The Morgan fingerprint density at radius 3 is 2.71 bits per heavy atom. The average Bonchev–Trinajstić information content (AvgIpc) is 2.60. The number of anilines is 1. The SMILES string of the molecule is CNc1sc(C(=O)OC)cc1[N+](=O)[O-]. The summed E-state index contributed by atoms with van der Waals surface area (Å²) in [5.41, 5.74) is -0.113. The van der Waals surface area contributed by atoms with Crippen LogP contribution in [0.5, 0.6) is 0 Å². The fraction of sp³-hybridized carbons (Fsp3) is 0.286. The van der Waals surface area contributed by atoms with E-state index in [0.29, 0.717) is 5.00 Å². The molecular weight excluding hydrogens is 208 g/mol. The van der Waals surface area contributed by atoms with Gasteiger partial charge in [-0.3, -0.25) is 10.1 Å². The number of ether oxygens (including phenoxy) is 1. The number of nitrogens with zero attached hydrogens (tertiary/aromatic N) is 1. The fourth-order valence-corrected chi connectivity index (χ4v) is 1.79. The molecule has 0 atom stereocenters. The molecule has 0 bridgehead atoms. The van der Waals surface area contributed by atoms with Gasteiger partial charge in [-0.05, 0) is 0 Å². The van der Waals surface area contributed by atoms with Crippen LogP contribution in [-0.2, 0) is 4.74 Å². The Morgan fingerprint density at radius 1 is 1.71 bits per heavy atom. The fourth-order valence-electron chi connectivity index (χ4n) is 0.897. The summed E-state index contributed by atoms with van der Waals surface area (Å²) in [5.74, 6) is -0.570. The van der Waals surface area contributed by atoms with Gasteiger partial charge in [0.2, 0.25) is 0 Å². The Bertz CT molecular complexity index is 374. The average molecular weight is 216 g/mol. The topological polar surface area (TPSA) is 81.5 Å². The van der Waals surface area contributed by atoms with Gasteiger partial charge in [-0.1, -0.05) is 0 Å². The number of nitrogens with one attached hydrogen (secondary N) is 1. The lowest BCUT2D eigenvalue weighted by Gasteiger charge is -1.92. The molecule has 1 rings (SSSR count). The molecule has 1 aromatic heterocycles. The highest BCUT2D eigenvalue weighted by atomic mass is 32.1. The molecule has 1 aromatic rings. The van der Waals surface area contributed by atoms with E-state index in [9.17, 15) is 14.9 Å². The first-order valence-corrected chi connectivity index (χ1v) is 4.46. The highest BCUT2D eigenvalue weighted by molar-refractivity contribution is 7.18. The van der Waals surface area contributed by atoms with E-state index in [0.717, 1.165) is 11.3 Å². The summed E-state index contributed by atoms with van der Waals surface area (Å²) in [6, 6.07) is 1.20. The Kier molecular flexibility index (Phi) is 3.03. The van der Waals surface area contributed by atoms with Crippen LogP contribution in [0.15, 0.2) is 6.07 Å². The largest absolute Gasteiger partial charge is 0.465 e. The molecule has 14 heavy (non-hydrogen) atoms. The van der Waals surface area contributed by atoms with Crippen molar-refractivity contribution in [1.82, 2.24) is 0 Å². The molecule has 0 spiro atoms. The van der Waals surface area contributed by atoms with Crippen LogP contribution in [0.3, 0.4) is 0 Å². The molecule has 0 amide bonds. The second-order valence-electron chi connectivity index (χ2n) is 2.32. The van der Waals surface area contributed by atoms with Gasteiger partial charge in [0.1, 0.15) is 4.88 Å². The maximum Gasteiger partial charge on any atom is 0.348 e. The van der Waals surface area contributed by atoms with E-state index in [1.165, 1.54) is 13.2 Å². The van der Waals surface area contributed by atoms with Crippen LogP contribution in [0.1, 0.15) is 9.67 Å². The standard InChI is InChI=1S/C7H8N2O4S/c1-8-6-4(9(11)12)3-5(14-6)7(10)13-2/h3,8H,1-2H3. The zero-order valence-electron chi connectivity index (χ0n) is 7.57. The number of esters is 1. The molecule has 1 heterocycles. The maximum atomic E-state index is 11.1. The van der Waals surface area contributed by atoms with Gasteiger partial charge < -0.3 is 10.1 Å². The van der Waals surface area contributed by atoms with Gasteiger partial charge in [0.25, 0.3) is 0 Å². The van der Waals surface area contributed by atoms with Crippen molar-refractivity contribution < 1.29 is 14.5 Å². The predicted molar refractivity (Wildman–Crippen MR) is 51.9 cm³/mol. The summed E-state index contributed by atoms with van der Waals surface area (Å²) < 4.78 is 4.45. The molecule has 0 aliphatic carbocycles. The highest BCUT2D eigenvalue weighted by Gasteiger charge is 2.21. The lowest BCUT2D eigenvalue weighted by molar-refractivity contribution is -0.383. The lowest BCUT2D eigenvalue weighted by Crippen LogP contribution is -1.97. The van der Waals surface area contributed by atoms with Gasteiger partial charge in [0, 0.05) is 13.1 Å². The van der Waals surface area contributed by atoms with Crippen molar-refractivity contribution in [1.29, 1.82) is 0 Å². The minimum atomic E-state index is -0.570. The molecule has 6 nitrogen and oxygen atoms in total. The van der Waals surface area contributed by atoms with Crippen LogP contribution < -0.4 is 5.32 Å². The molecule has 76 valence electrons. The summed E-state index contributed by atoms with van der Waals surface area (Å²) in [4.78, 5) is 21.2. The molecule has 0 radical (unpaired) electrons. The van der Waals surface area contributed by atoms with Gasteiger partial charge in [0.05, 0.1) is 12.0 Å². The number of hydrogen-bond acceptors (Lipinski definition) is 6. The van der Waals surface area contributed by atoms with Crippen molar-refractivity contribution in [2.45, 2.75) is 0 Å². The van der Waals surface area contributed by atoms with Crippen LogP contribution in [0, 0.1) is 10.1 Å². The first-order valence-electron chi connectivity index (χ1n) is 3.64. The number of carbonyl (C=O) groups excluding carboxylic acids is 1. The van der Waals surface area contributed by atoms with Crippen LogP contribution in [0.25, 0.3) is 0 Å². The lowest BCUT2D eigenvalue weighted by atomic mass is 10.4. The first kappa shape index (κ1) is 10.5. The maximum absolute atomic E-state index is 11.1. The molecule has 0 aliphatic heterocycles. The zero-order valence-corrected chi connectivity index (χ0v) is 8.38. The smallest absolute Gasteiger partial charge is 0.348 e. The number of carbonyl (C=O) groups is 1. The molecule has 0 fully saturated rings. The molecule has 0 saturated carbocycles. The van der Waals surface area contributed by atoms with Crippen molar-refractivity contribution in [3.63, 3.8) is 0 Å². The monoisotopic (exact) mass is 216 g/mol. The van der Waals surface area contributed by atoms with Gasteiger partial charge >= 0.3 is 11.7 Å². The van der Waals surface area contributed by atoms with Crippen molar-refractivity contribution >= 4 is 28.0 Å². The number of hydrogen-bond donors (Lipinski definition) is 1. The third-order valence-electron chi connectivity index (χ3n) is 1.52. The van der Waals surface area contributed by atoms with E-state index in [1.54, 1.807) is 7.05 Å². The van der Waals surface area contributed by atoms with Crippen molar-refractivity contribution in [2.24, 2.45) is 0 Å². The summed E-state index contributed by atoms with van der Waals surface area (Å²) >= 11 is 0.993. The summed E-state index contributed by atoms with van der Waals surface area (Å²) in [6.07, 6.45) is 0. The quantitative estimate of drug-likeness (QED) is 0.470. The number of nitro groups is 1. The Morgan fingerprint density at radius 2 is 2.36 bits per heavy atom. The van der Waals surface area contributed by atoms with E-state index < -0.39 is 10.9 Å². The highest BCUT2D eigenvalue weighted by Crippen LogP contribution is 2.34. The van der Waals surface area contributed by atoms with Crippen molar-refractivity contribution in [3.8, 4) is 0 Å². The zero-order chi connectivity index (χ0) is 10.7. The molecule has 7 heteroatoms. The predicted octanol–water partition coefficient (Wildman–Crippen LogP) is 1.48. The Labute approximate surface area is 83.6 Å². The van der Waals surface area contributed by atoms with Crippen molar-refractivity contribution in [2.75, 3.05) is 19.5 Å². The third kappa shape index (κ3) is 1.82.